The molecule has 1 unspecified atom stereocenters. The van der Waals surface area contributed by atoms with Crippen LogP contribution in [-0.2, 0) is 0 Å². The van der Waals surface area contributed by atoms with Gasteiger partial charge in [-0.1, -0.05) is 26.0 Å². The molecule has 1 aliphatic heterocycles. The Morgan fingerprint density at radius 3 is 2.22 bits per heavy atom. The molecule has 23 heavy (non-hydrogen) atoms. The van der Waals surface area contributed by atoms with E-state index in [2.05, 4.69) is 67.1 Å². The smallest absolute Gasteiger partial charge is 0.119 e. The Kier molecular flexibility index (Phi) is 7.34. The Hall–Kier alpha value is -1.10. The summed E-state index contributed by atoms with van der Waals surface area (Å²) in [6.45, 7) is 16.4. The van der Waals surface area contributed by atoms with Crippen LogP contribution in [0, 0.1) is 0 Å². The lowest BCUT2D eigenvalue weighted by Gasteiger charge is -2.36. The Bertz CT molecular complexity index is 436. The highest BCUT2D eigenvalue weighted by Crippen LogP contribution is 2.24. The van der Waals surface area contributed by atoms with Crippen molar-refractivity contribution in [1.82, 2.24) is 15.1 Å². The molecule has 4 heteroatoms. The van der Waals surface area contributed by atoms with E-state index in [0.29, 0.717) is 6.04 Å². The number of piperazine rings is 1. The van der Waals surface area contributed by atoms with Gasteiger partial charge in [-0.3, -0.25) is 9.80 Å². The molecule has 0 spiro atoms. The van der Waals surface area contributed by atoms with Crippen molar-refractivity contribution in [2.75, 3.05) is 45.8 Å². The largest absolute Gasteiger partial charge is 0.491 e. The maximum Gasteiger partial charge on any atom is 0.119 e. The van der Waals surface area contributed by atoms with E-state index < -0.39 is 0 Å². The van der Waals surface area contributed by atoms with Crippen molar-refractivity contribution >= 4 is 0 Å². The number of rotatable bonds is 8. The van der Waals surface area contributed by atoms with E-state index >= 15 is 0 Å². The molecule has 4 nitrogen and oxygen atoms in total. The summed E-state index contributed by atoms with van der Waals surface area (Å²) in [5.41, 5.74) is 1.39. The maximum atomic E-state index is 5.78. The van der Waals surface area contributed by atoms with Gasteiger partial charge in [-0.2, -0.15) is 0 Å². The molecule has 0 bridgehead atoms. The zero-order valence-corrected chi connectivity index (χ0v) is 15.2. The van der Waals surface area contributed by atoms with Crippen LogP contribution < -0.4 is 10.1 Å². The minimum atomic E-state index is 0.222. The van der Waals surface area contributed by atoms with Crippen molar-refractivity contribution in [3.8, 4) is 5.75 Å². The van der Waals surface area contributed by atoms with Gasteiger partial charge in [0.05, 0.1) is 6.10 Å². The van der Waals surface area contributed by atoms with E-state index in [4.69, 9.17) is 4.74 Å². The van der Waals surface area contributed by atoms with Crippen LogP contribution in [-0.4, -0.2) is 61.7 Å². The second-order valence-electron chi connectivity index (χ2n) is 6.52. The third kappa shape index (κ3) is 5.48. The molecule has 0 saturated carbocycles. The zero-order valence-electron chi connectivity index (χ0n) is 15.2. The van der Waals surface area contributed by atoms with E-state index in [1.807, 2.05) is 0 Å². The lowest BCUT2D eigenvalue weighted by atomic mass is 10.0. The molecule has 1 N–H and O–H groups in total. The first-order chi connectivity index (χ1) is 11.1. The summed E-state index contributed by atoms with van der Waals surface area (Å²) >= 11 is 0. The summed E-state index contributed by atoms with van der Waals surface area (Å²) in [6.07, 6.45) is 0.222. The second kappa shape index (κ2) is 9.26. The van der Waals surface area contributed by atoms with Crippen molar-refractivity contribution < 1.29 is 4.74 Å². The Morgan fingerprint density at radius 2 is 1.70 bits per heavy atom. The fraction of sp³-hybridized carbons (Fsp3) is 0.684. The number of nitrogens with zero attached hydrogens (tertiary/aromatic N) is 2. The molecule has 1 atom stereocenters. The first kappa shape index (κ1) is 18.2. The average Bonchev–Trinajstić information content (AvgIpc) is 2.56. The van der Waals surface area contributed by atoms with Gasteiger partial charge in [0.1, 0.15) is 5.75 Å². The van der Waals surface area contributed by atoms with Crippen LogP contribution in [0.4, 0.5) is 0 Å². The summed E-state index contributed by atoms with van der Waals surface area (Å²) in [6, 6.07) is 9.16. The van der Waals surface area contributed by atoms with Gasteiger partial charge in [-0.25, -0.2) is 0 Å². The van der Waals surface area contributed by atoms with Gasteiger partial charge in [0.15, 0.2) is 0 Å². The number of nitrogens with one attached hydrogen (secondary N) is 1. The molecule has 0 radical (unpaired) electrons. The molecule has 1 heterocycles. The third-order valence-corrected chi connectivity index (χ3v) is 4.53. The molecule has 2 rings (SSSR count). The van der Waals surface area contributed by atoms with Gasteiger partial charge in [0.25, 0.3) is 0 Å². The highest BCUT2D eigenvalue weighted by Gasteiger charge is 2.22. The van der Waals surface area contributed by atoms with Crippen LogP contribution in [0.5, 0.6) is 5.75 Å². The zero-order chi connectivity index (χ0) is 16.7. The van der Waals surface area contributed by atoms with Crippen LogP contribution in [0.15, 0.2) is 24.3 Å². The number of hydrogen-bond donors (Lipinski definition) is 1. The maximum absolute atomic E-state index is 5.78. The third-order valence-electron chi connectivity index (χ3n) is 4.53. The fourth-order valence-corrected chi connectivity index (χ4v) is 3.28. The van der Waals surface area contributed by atoms with Crippen molar-refractivity contribution in [2.24, 2.45) is 0 Å². The molecule has 1 aliphatic rings. The Balaban J connectivity index is 2.11. The first-order valence-corrected chi connectivity index (χ1v) is 9.07. The quantitative estimate of drug-likeness (QED) is 0.797. The predicted molar refractivity (Wildman–Crippen MR) is 97.2 cm³/mol. The molecular formula is C19H33N3O. The number of benzene rings is 1. The summed E-state index contributed by atoms with van der Waals surface area (Å²) in [4.78, 5) is 5.14. The summed E-state index contributed by atoms with van der Waals surface area (Å²) in [5.74, 6) is 0.962. The highest BCUT2D eigenvalue weighted by atomic mass is 16.5. The van der Waals surface area contributed by atoms with E-state index in [1.54, 1.807) is 0 Å². The number of likely N-dealkylation sites (N-methyl/N-ethyl adjacent to an activating group) is 1. The molecule has 0 amide bonds. The predicted octanol–water partition coefficient (Wildman–Crippen LogP) is 2.76. The molecule has 1 aromatic carbocycles. The number of hydrogen-bond acceptors (Lipinski definition) is 4. The minimum absolute atomic E-state index is 0.222. The SMILES string of the molecule is CCN(CC)C(CN1CCNCC1)c1ccc(OC(C)C)cc1. The lowest BCUT2D eigenvalue weighted by molar-refractivity contribution is 0.138. The van der Waals surface area contributed by atoms with E-state index in [0.717, 1.165) is 51.6 Å². The summed E-state index contributed by atoms with van der Waals surface area (Å²) in [5, 5.41) is 3.44. The molecule has 0 aliphatic carbocycles. The molecule has 1 saturated heterocycles. The Morgan fingerprint density at radius 1 is 1.09 bits per heavy atom. The van der Waals surface area contributed by atoms with Gasteiger partial charge >= 0.3 is 0 Å². The van der Waals surface area contributed by atoms with E-state index in [1.165, 1.54) is 5.56 Å². The van der Waals surface area contributed by atoms with Crippen LogP contribution in [0.3, 0.4) is 0 Å². The van der Waals surface area contributed by atoms with Crippen LogP contribution in [0.1, 0.15) is 39.3 Å². The lowest BCUT2D eigenvalue weighted by Crippen LogP contribution is -2.47. The second-order valence-corrected chi connectivity index (χ2v) is 6.52. The summed E-state index contributed by atoms with van der Waals surface area (Å²) in [7, 11) is 0. The molecule has 0 aromatic heterocycles. The van der Waals surface area contributed by atoms with E-state index in [9.17, 15) is 0 Å². The standard InChI is InChI=1S/C19H33N3O/c1-5-22(6-2)19(15-21-13-11-20-12-14-21)17-7-9-18(10-8-17)23-16(3)4/h7-10,16,19-20H,5-6,11-15H2,1-4H3. The highest BCUT2D eigenvalue weighted by molar-refractivity contribution is 5.29. The van der Waals surface area contributed by atoms with Gasteiger partial charge < -0.3 is 10.1 Å². The molecule has 1 aromatic rings. The van der Waals surface area contributed by atoms with Crippen molar-refractivity contribution in [2.45, 2.75) is 39.8 Å². The number of ether oxygens (including phenoxy) is 1. The minimum Gasteiger partial charge on any atom is -0.491 e. The van der Waals surface area contributed by atoms with Gasteiger partial charge in [0, 0.05) is 38.8 Å². The first-order valence-electron chi connectivity index (χ1n) is 9.07. The van der Waals surface area contributed by atoms with Crippen molar-refractivity contribution in [3.63, 3.8) is 0 Å². The molecule has 1 fully saturated rings. The van der Waals surface area contributed by atoms with Crippen molar-refractivity contribution in [3.05, 3.63) is 29.8 Å². The fourth-order valence-electron chi connectivity index (χ4n) is 3.28. The topological polar surface area (TPSA) is 27.7 Å². The van der Waals surface area contributed by atoms with Crippen LogP contribution >= 0.6 is 0 Å². The summed E-state index contributed by atoms with van der Waals surface area (Å²) < 4.78 is 5.78. The normalized spacial score (nSPS) is 17.7. The Labute approximate surface area is 141 Å². The molecule has 130 valence electrons. The molecular weight excluding hydrogens is 286 g/mol. The van der Waals surface area contributed by atoms with Crippen LogP contribution in [0.25, 0.3) is 0 Å². The average molecular weight is 319 g/mol. The monoisotopic (exact) mass is 319 g/mol. The van der Waals surface area contributed by atoms with Crippen LogP contribution in [0.2, 0.25) is 0 Å². The van der Waals surface area contributed by atoms with Gasteiger partial charge in [-0.15, -0.1) is 0 Å². The van der Waals surface area contributed by atoms with Gasteiger partial charge in [0.2, 0.25) is 0 Å². The van der Waals surface area contributed by atoms with Crippen molar-refractivity contribution in [1.29, 1.82) is 0 Å². The van der Waals surface area contributed by atoms with E-state index in [-0.39, 0.29) is 6.10 Å². The van der Waals surface area contributed by atoms with Gasteiger partial charge in [-0.05, 0) is 44.6 Å².